The summed E-state index contributed by atoms with van der Waals surface area (Å²) in [5, 5.41) is 6.09. The molecular weight excluding hydrogens is 345 g/mol. The minimum atomic E-state index is -4.48. The average Bonchev–Trinajstić information content (AvgIpc) is 3.09. The zero-order chi connectivity index (χ0) is 18.6. The number of rotatable bonds is 6. The maximum Gasteiger partial charge on any atom is 0.433 e. The number of hydrogen-bond acceptors (Lipinski definition) is 6. The maximum absolute atomic E-state index is 13.2. The van der Waals surface area contributed by atoms with Gasteiger partial charge in [0.25, 0.3) is 0 Å². The number of aromatic nitrogens is 2. The summed E-state index contributed by atoms with van der Waals surface area (Å²) in [4.78, 5) is 12.5. The molecule has 1 saturated carbocycles. The fourth-order valence-electron chi connectivity index (χ4n) is 3.41. The Hall–Kier alpha value is -1.61. The van der Waals surface area contributed by atoms with Crippen LogP contribution in [0.2, 0.25) is 0 Å². The summed E-state index contributed by atoms with van der Waals surface area (Å²) >= 11 is 0. The Kier molecular flexibility index (Phi) is 6.18. The Labute approximate surface area is 152 Å². The highest BCUT2D eigenvalue weighted by atomic mass is 19.4. The number of piperazine rings is 1. The van der Waals surface area contributed by atoms with Crippen LogP contribution < -0.4 is 10.6 Å². The van der Waals surface area contributed by atoms with E-state index in [1.165, 1.54) is 0 Å². The van der Waals surface area contributed by atoms with Crippen LogP contribution in [0.5, 0.6) is 0 Å². The summed E-state index contributed by atoms with van der Waals surface area (Å²) in [6, 6.07) is 1.15. The van der Waals surface area contributed by atoms with Crippen molar-refractivity contribution in [1.29, 1.82) is 0 Å². The number of hydrogen-bond donors (Lipinski definition) is 2. The van der Waals surface area contributed by atoms with Crippen LogP contribution in [0.15, 0.2) is 6.07 Å². The van der Waals surface area contributed by atoms with Crippen LogP contribution in [0.4, 0.5) is 24.9 Å². The predicted octanol–water partition coefficient (Wildman–Crippen LogP) is 2.51. The Balaban J connectivity index is 1.61. The van der Waals surface area contributed by atoms with E-state index in [0.717, 1.165) is 64.5 Å². The van der Waals surface area contributed by atoms with E-state index in [9.17, 15) is 13.2 Å². The van der Waals surface area contributed by atoms with Crippen molar-refractivity contribution in [3.05, 3.63) is 11.8 Å². The Morgan fingerprint density at radius 2 is 1.81 bits per heavy atom. The van der Waals surface area contributed by atoms with Gasteiger partial charge in [0.1, 0.15) is 5.82 Å². The van der Waals surface area contributed by atoms with Crippen molar-refractivity contribution in [2.75, 3.05) is 56.9 Å². The molecule has 1 aliphatic heterocycles. The number of nitrogens with zero attached hydrogens (tertiary/aromatic N) is 4. The molecule has 3 rings (SSSR count). The fourth-order valence-corrected chi connectivity index (χ4v) is 3.41. The number of likely N-dealkylation sites (N-methyl/N-ethyl adjacent to an activating group) is 1. The molecule has 6 nitrogen and oxygen atoms in total. The van der Waals surface area contributed by atoms with E-state index in [0.29, 0.717) is 6.54 Å². The number of nitrogens with one attached hydrogen (secondary N) is 2. The van der Waals surface area contributed by atoms with Gasteiger partial charge in [-0.3, -0.25) is 4.90 Å². The van der Waals surface area contributed by atoms with Crippen molar-refractivity contribution in [2.45, 2.75) is 37.9 Å². The Bertz CT molecular complexity index is 580. The zero-order valence-corrected chi connectivity index (χ0v) is 15.1. The van der Waals surface area contributed by atoms with Crippen LogP contribution in [0.3, 0.4) is 0 Å². The van der Waals surface area contributed by atoms with Crippen molar-refractivity contribution in [1.82, 2.24) is 19.8 Å². The molecule has 9 heteroatoms. The lowest BCUT2D eigenvalue weighted by Gasteiger charge is -2.32. The fraction of sp³-hybridized carbons (Fsp3) is 0.765. The first kappa shape index (κ1) is 19.2. The second kappa shape index (κ2) is 8.39. The van der Waals surface area contributed by atoms with Gasteiger partial charge in [-0.05, 0) is 19.9 Å². The molecule has 1 aromatic heterocycles. The van der Waals surface area contributed by atoms with Gasteiger partial charge in [-0.2, -0.15) is 18.2 Å². The normalized spacial score (nSPS) is 20.5. The van der Waals surface area contributed by atoms with Crippen LogP contribution in [0.25, 0.3) is 0 Å². The zero-order valence-electron chi connectivity index (χ0n) is 15.1. The third-order valence-electron chi connectivity index (χ3n) is 5.04. The standard InChI is InChI=1S/C17H27F3N6/c1-25-8-10-26(11-9-25)7-6-21-15-12-14(17(18,19)20)23-16(24-15)22-13-4-2-3-5-13/h12-13H,2-11H2,1H3,(H2,21,22,23,24). The first-order valence-corrected chi connectivity index (χ1v) is 9.28. The lowest BCUT2D eigenvalue weighted by molar-refractivity contribution is -0.141. The summed E-state index contributed by atoms with van der Waals surface area (Å²) in [5.74, 6) is 0.288. The van der Waals surface area contributed by atoms with Crippen LogP contribution in [-0.2, 0) is 6.18 Å². The van der Waals surface area contributed by atoms with E-state index in [-0.39, 0.29) is 17.8 Å². The minimum absolute atomic E-state index is 0.0637. The highest BCUT2D eigenvalue weighted by molar-refractivity contribution is 5.43. The Morgan fingerprint density at radius 3 is 2.46 bits per heavy atom. The molecule has 26 heavy (non-hydrogen) atoms. The summed E-state index contributed by atoms with van der Waals surface area (Å²) in [6.07, 6.45) is -0.403. The molecule has 0 radical (unpaired) electrons. The van der Waals surface area contributed by atoms with E-state index in [2.05, 4.69) is 37.4 Å². The molecule has 0 spiro atoms. The number of anilines is 2. The predicted molar refractivity (Wildman–Crippen MR) is 95.3 cm³/mol. The smallest absolute Gasteiger partial charge is 0.369 e. The topological polar surface area (TPSA) is 56.3 Å². The lowest BCUT2D eigenvalue weighted by Crippen LogP contribution is -2.45. The summed E-state index contributed by atoms with van der Waals surface area (Å²) in [7, 11) is 2.09. The van der Waals surface area contributed by atoms with Crippen LogP contribution in [0.1, 0.15) is 31.4 Å². The van der Waals surface area contributed by atoms with Crippen molar-refractivity contribution in [3.63, 3.8) is 0 Å². The first-order valence-electron chi connectivity index (χ1n) is 9.28. The van der Waals surface area contributed by atoms with Crippen molar-refractivity contribution in [3.8, 4) is 0 Å². The molecule has 1 saturated heterocycles. The van der Waals surface area contributed by atoms with Gasteiger partial charge < -0.3 is 15.5 Å². The minimum Gasteiger partial charge on any atom is -0.369 e. The van der Waals surface area contributed by atoms with E-state index >= 15 is 0 Å². The summed E-state index contributed by atoms with van der Waals surface area (Å²) in [5.41, 5.74) is -0.907. The van der Waals surface area contributed by atoms with Crippen LogP contribution >= 0.6 is 0 Å². The summed E-state index contributed by atoms with van der Waals surface area (Å²) < 4.78 is 39.5. The van der Waals surface area contributed by atoms with E-state index in [1.807, 2.05) is 0 Å². The Morgan fingerprint density at radius 1 is 1.12 bits per heavy atom. The highest BCUT2D eigenvalue weighted by Gasteiger charge is 2.34. The van der Waals surface area contributed by atoms with Gasteiger partial charge in [-0.15, -0.1) is 0 Å². The van der Waals surface area contributed by atoms with Crippen molar-refractivity contribution in [2.24, 2.45) is 0 Å². The van der Waals surface area contributed by atoms with E-state index in [1.54, 1.807) is 0 Å². The monoisotopic (exact) mass is 372 g/mol. The molecule has 0 amide bonds. The van der Waals surface area contributed by atoms with Gasteiger partial charge in [-0.1, -0.05) is 12.8 Å². The van der Waals surface area contributed by atoms with Gasteiger partial charge in [0, 0.05) is 51.4 Å². The SMILES string of the molecule is CN1CCN(CCNc2cc(C(F)(F)F)nc(NC3CCCC3)n2)CC1. The van der Waals surface area contributed by atoms with E-state index in [4.69, 9.17) is 0 Å². The molecule has 146 valence electrons. The largest absolute Gasteiger partial charge is 0.433 e. The van der Waals surface area contributed by atoms with Gasteiger partial charge in [0.2, 0.25) is 5.95 Å². The molecule has 0 unspecified atom stereocenters. The lowest BCUT2D eigenvalue weighted by atomic mass is 10.2. The molecule has 2 aliphatic rings. The third-order valence-corrected chi connectivity index (χ3v) is 5.04. The van der Waals surface area contributed by atoms with Crippen molar-refractivity contribution < 1.29 is 13.2 Å². The molecule has 2 fully saturated rings. The molecule has 2 N–H and O–H groups in total. The number of halogens is 3. The van der Waals surface area contributed by atoms with Crippen LogP contribution in [0, 0.1) is 0 Å². The van der Waals surface area contributed by atoms with Gasteiger partial charge >= 0.3 is 6.18 Å². The second-order valence-corrected chi connectivity index (χ2v) is 7.16. The third kappa shape index (κ3) is 5.44. The van der Waals surface area contributed by atoms with E-state index < -0.39 is 11.9 Å². The first-order chi connectivity index (χ1) is 12.4. The molecular formula is C17H27F3N6. The molecule has 1 aliphatic carbocycles. The quantitative estimate of drug-likeness (QED) is 0.800. The number of alkyl halides is 3. The summed E-state index contributed by atoms with van der Waals surface area (Å²) in [6.45, 7) is 5.32. The van der Waals surface area contributed by atoms with Gasteiger partial charge in [-0.25, -0.2) is 4.98 Å². The van der Waals surface area contributed by atoms with Crippen LogP contribution in [-0.4, -0.2) is 72.1 Å². The maximum atomic E-state index is 13.2. The highest BCUT2D eigenvalue weighted by Crippen LogP contribution is 2.30. The molecule has 2 heterocycles. The average molecular weight is 372 g/mol. The van der Waals surface area contributed by atoms with Gasteiger partial charge in [0.15, 0.2) is 5.69 Å². The molecule has 1 aromatic rings. The molecule has 0 atom stereocenters. The second-order valence-electron chi connectivity index (χ2n) is 7.16. The molecule has 0 bridgehead atoms. The molecule has 0 aromatic carbocycles. The van der Waals surface area contributed by atoms with Gasteiger partial charge in [0.05, 0.1) is 0 Å². The van der Waals surface area contributed by atoms with Crippen molar-refractivity contribution >= 4 is 11.8 Å².